The van der Waals surface area contributed by atoms with Crippen molar-refractivity contribution in [1.82, 2.24) is 20.3 Å². The Morgan fingerprint density at radius 3 is 2.93 bits per heavy atom. The van der Waals surface area contributed by atoms with Crippen LogP contribution in [0, 0.1) is 0 Å². The van der Waals surface area contributed by atoms with E-state index in [2.05, 4.69) is 34.1 Å². The van der Waals surface area contributed by atoms with Crippen molar-refractivity contribution in [3.63, 3.8) is 0 Å². The Hall–Kier alpha value is -1.07. The number of nitrogens with one attached hydrogen (secondary N) is 1. The average molecular weight is 222 g/mol. The third-order valence-electron chi connectivity index (χ3n) is 2.19. The van der Waals surface area contributed by atoms with Gasteiger partial charge in [0.1, 0.15) is 5.01 Å². The minimum Gasteiger partial charge on any atom is -0.316 e. The lowest BCUT2D eigenvalue weighted by Gasteiger charge is -2.07. The Morgan fingerprint density at radius 2 is 2.20 bits per heavy atom. The molecule has 15 heavy (non-hydrogen) atoms. The summed E-state index contributed by atoms with van der Waals surface area (Å²) in [5, 5.41) is 4.43. The lowest BCUT2D eigenvalue weighted by molar-refractivity contribution is 0.633. The molecule has 0 radical (unpaired) electrons. The summed E-state index contributed by atoms with van der Waals surface area (Å²) in [6.45, 7) is 6.22. The van der Waals surface area contributed by atoms with Crippen LogP contribution in [-0.2, 0) is 0 Å². The molecule has 0 saturated heterocycles. The van der Waals surface area contributed by atoms with Crippen LogP contribution in [0.4, 0.5) is 0 Å². The van der Waals surface area contributed by atoms with Crippen molar-refractivity contribution >= 4 is 21.8 Å². The highest BCUT2D eigenvalue weighted by atomic mass is 32.1. The van der Waals surface area contributed by atoms with Gasteiger partial charge in [0.05, 0.1) is 0 Å². The molecule has 5 heteroatoms. The number of hydrogen-bond acceptors (Lipinski definition) is 5. The zero-order valence-corrected chi connectivity index (χ0v) is 9.71. The van der Waals surface area contributed by atoms with Crippen LogP contribution in [0.3, 0.4) is 0 Å². The normalized spacial score (nSPS) is 13.2. The van der Waals surface area contributed by atoms with Crippen LogP contribution in [0.1, 0.15) is 24.8 Å². The van der Waals surface area contributed by atoms with Gasteiger partial charge in [0.15, 0.2) is 10.5 Å². The molecule has 2 aromatic rings. The Bertz CT molecular complexity index is 407. The molecule has 0 amide bonds. The summed E-state index contributed by atoms with van der Waals surface area (Å²) in [6.07, 6.45) is 3.39. The first-order chi connectivity index (χ1) is 7.31. The second-order valence-corrected chi connectivity index (χ2v) is 4.46. The molecule has 0 bridgehead atoms. The first kappa shape index (κ1) is 10.4. The number of thiazole rings is 1. The number of likely N-dealkylation sites (N-methyl/N-ethyl adjacent to an activating group) is 1. The Balaban J connectivity index is 2.20. The summed E-state index contributed by atoms with van der Waals surface area (Å²) >= 11 is 1.63. The Morgan fingerprint density at radius 1 is 1.40 bits per heavy atom. The lowest BCUT2D eigenvalue weighted by atomic mass is 10.2. The van der Waals surface area contributed by atoms with E-state index in [1.807, 2.05) is 0 Å². The van der Waals surface area contributed by atoms with Crippen LogP contribution < -0.4 is 5.32 Å². The fourth-order valence-corrected chi connectivity index (χ4v) is 2.27. The summed E-state index contributed by atoms with van der Waals surface area (Å²) in [4.78, 5) is 13.8. The molecule has 2 rings (SSSR count). The fourth-order valence-electron chi connectivity index (χ4n) is 1.35. The van der Waals surface area contributed by atoms with Gasteiger partial charge in [-0.15, -0.1) is 0 Å². The zero-order chi connectivity index (χ0) is 10.7. The Kier molecular flexibility index (Phi) is 3.23. The minimum absolute atomic E-state index is 0.422. The highest BCUT2D eigenvalue weighted by molar-refractivity contribution is 7.18. The van der Waals surface area contributed by atoms with Gasteiger partial charge < -0.3 is 5.32 Å². The van der Waals surface area contributed by atoms with Gasteiger partial charge in [-0.25, -0.2) is 15.0 Å². The van der Waals surface area contributed by atoms with Gasteiger partial charge in [0, 0.05) is 24.9 Å². The highest BCUT2D eigenvalue weighted by Crippen LogP contribution is 2.23. The van der Waals surface area contributed by atoms with Gasteiger partial charge in [0.25, 0.3) is 0 Å². The molecule has 2 aromatic heterocycles. The molecule has 1 unspecified atom stereocenters. The molecule has 1 N–H and O–H groups in total. The predicted octanol–water partition coefficient (Wildman–Crippen LogP) is 1.80. The van der Waals surface area contributed by atoms with E-state index in [-0.39, 0.29) is 0 Å². The van der Waals surface area contributed by atoms with Crippen LogP contribution in [-0.4, -0.2) is 28.0 Å². The number of hydrogen-bond donors (Lipinski definition) is 1. The molecular formula is C10H14N4S. The van der Waals surface area contributed by atoms with Gasteiger partial charge >= 0.3 is 0 Å². The molecule has 0 spiro atoms. The maximum Gasteiger partial charge on any atom is 0.189 e. The van der Waals surface area contributed by atoms with Gasteiger partial charge in [0.2, 0.25) is 0 Å². The van der Waals surface area contributed by atoms with Gasteiger partial charge in [-0.1, -0.05) is 25.2 Å². The molecule has 0 fully saturated rings. The van der Waals surface area contributed by atoms with Gasteiger partial charge in [-0.3, -0.25) is 0 Å². The summed E-state index contributed by atoms with van der Waals surface area (Å²) in [5.74, 6) is 0.422. The number of fused-ring (bicyclic) bond motifs is 1. The Labute approximate surface area is 92.8 Å². The molecule has 80 valence electrons. The third kappa shape index (κ3) is 2.30. The van der Waals surface area contributed by atoms with Crippen molar-refractivity contribution in [3.8, 4) is 0 Å². The van der Waals surface area contributed by atoms with E-state index in [1.165, 1.54) is 0 Å². The summed E-state index contributed by atoms with van der Waals surface area (Å²) < 4.78 is 0. The fraction of sp³-hybridized carbons (Fsp3) is 0.500. The number of nitrogens with zero attached hydrogens (tertiary/aromatic N) is 3. The topological polar surface area (TPSA) is 50.7 Å². The van der Waals surface area contributed by atoms with E-state index < -0.39 is 0 Å². The van der Waals surface area contributed by atoms with E-state index in [1.54, 1.807) is 23.7 Å². The second kappa shape index (κ2) is 4.63. The predicted molar refractivity (Wildman–Crippen MR) is 62.2 cm³/mol. The van der Waals surface area contributed by atoms with Crippen molar-refractivity contribution in [3.05, 3.63) is 17.4 Å². The van der Waals surface area contributed by atoms with Crippen molar-refractivity contribution in [2.24, 2.45) is 0 Å². The smallest absolute Gasteiger partial charge is 0.189 e. The van der Waals surface area contributed by atoms with Crippen molar-refractivity contribution < 1.29 is 0 Å². The molecule has 0 saturated carbocycles. The first-order valence-corrected chi connectivity index (χ1v) is 5.91. The van der Waals surface area contributed by atoms with E-state index in [0.29, 0.717) is 5.92 Å². The van der Waals surface area contributed by atoms with Gasteiger partial charge in [-0.2, -0.15) is 0 Å². The van der Waals surface area contributed by atoms with Crippen LogP contribution in [0.25, 0.3) is 10.5 Å². The monoisotopic (exact) mass is 222 g/mol. The van der Waals surface area contributed by atoms with E-state index in [0.717, 1.165) is 28.6 Å². The molecular weight excluding hydrogens is 208 g/mol. The zero-order valence-electron chi connectivity index (χ0n) is 8.90. The van der Waals surface area contributed by atoms with Crippen molar-refractivity contribution in [1.29, 1.82) is 0 Å². The van der Waals surface area contributed by atoms with E-state index in [4.69, 9.17) is 0 Å². The standard InChI is InChI=1S/C10H14N4S/c1-3-11-6-7(2)9-14-8-10(15-9)13-5-4-12-8/h4-5,7,11H,3,6H2,1-2H3. The second-order valence-electron chi connectivity index (χ2n) is 3.45. The van der Waals surface area contributed by atoms with Crippen molar-refractivity contribution in [2.75, 3.05) is 13.1 Å². The number of aromatic nitrogens is 3. The maximum absolute atomic E-state index is 4.47. The quantitative estimate of drug-likeness (QED) is 0.857. The molecule has 0 aliphatic carbocycles. The molecule has 1 atom stereocenters. The molecule has 0 aromatic carbocycles. The van der Waals surface area contributed by atoms with Crippen LogP contribution >= 0.6 is 11.3 Å². The first-order valence-electron chi connectivity index (χ1n) is 5.09. The van der Waals surface area contributed by atoms with Crippen LogP contribution in [0.2, 0.25) is 0 Å². The molecule has 0 aliphatic heterocycles. The largest absolute Gasteiger partial charge is 0.316 e. The van der Waals surface area contributed by atoms with E-state index >= 15 is 0 Å². The molecule has 4 nitrogen and oxygen atoms in total. The number of rotatable bonds is 4. The molecule has 0 aliphatic rings. The summed E-state index contributed by atoms with van der Waals surface area (Å²) in [6, 6.07) is 0. The van der Waals surface area contributed by atoms with E-state index in [9.17, 15) is 0 Å². The average Bonchev–Trinajstić information content (AvgIpc) is 2.69. The van der Waals surface area contributed by atoms with Crippen molar-refractivity contribution in [2.45, 2.75) is 19.8 Å². The highest BCUT2D eigenvalue weighted by Gasteiger charge is 2.11. The lowest BCUT2D eigenvalue weighted by Crippen LogP contribution is -2.19. The van der Waals surface area contributed by atoms with Gasteiger partial charge in [-0.05, 0) is 6.54 Å². The molecule has 2 heterocycles. The van der Waals surface area contributed by atoms with Crippen LogP contribution in [0.15, 0.2) is 12.4 Å². The SMILES string of the molecule is CCNCC(C)c1nc2nccnc2s1. The maximum atomic E-state index is 4.47. The summed E-state index contributed by atoms with van der Waals surface area (Å²) in [5.41, 5.74) is 0.765. The summed E-state index contributed by atoms with van der Waals surface area (Å²) in [7, 11) is 0. The minimum atomic E-state index is 0.422. The third-order valence-corrected chi connectivity index (χ3v) is 3.37. The van der Waals surface area contributed by atoms with Crippen LogP contribution in [0.5, 0.6) is 0 Å².